The highest BCUT2D eigenvalue weighted by Gasteiger charge is 2.25. The molecule has 1 unspecified atom stereocenters. The Morgan fingerprint density at radius 3 is 2.68 bits per heavy atom. The molecule has 110 valence electrons. The van der Waals surface area contributed by atoms with Gasteiger partial charge in [-0.25, -0.2) is 0 Å². The Hall–Kier alpha value is -0.800. The third-order valence-electron chi connectivity index (χ3n) is 3.45. The monoisotopic (exact) mass is 266 g/mol. The Morgan fingerprint density at radius 1 is 1.42 bits per heavy atom. The Bertz CT molecular complexity index is 335. The van der Waals surface area contributed by atoms with Crippen LogP contribution in [0.3, 0.4) is 0 Å². The maximum atomic E-state index is 5.42. The van der Waals surface area contributed by atoms with Crippen LogP contribution in [0.4, 0.5) is 0 Å². The first kappa shape index (κ1) is 16.3. The maximum Gasteiger partial charge on any atom is 0.117 e. The van der Waals surface area contributed by atoms with Crippen molar-refractivity contribution in [1.29, 1.82) is 0 Å². The lowest BCUT2D eigenvalue weighted by Gasteiger charge is -2.34. The van der Waals surface area contributed by atoms with E-state index in [4.69, 9.17) is 4.42 Å². The summed E-state index contributed by atoms with van der Waals surface area (Å²) in [5.41, 5.74) is 0.320. The Kier molecular flexibility index (Phi) is 6.59. The van der Waals surface area contributed by atoms with Gasteiger partial charge in [-0.2, -0.15) is 0 Å². The minimum Gasteiger partial charge on any atom is -0.468 e. The van der Waals surface area contributed by atoms with Gasteiger partial charge in [-0.05, 0) is 31.0 Å². The van der Waals surface area contributed by atoms with Crippen LogP contribution in [0, 0.1) is 5.41 Å². The SMILES string of the molecule is CCCC(C)(CNC(C)C)CN(C)Cc1ccco1. The van der Waals surface area contributed by atoms with Gasteiger partial charge in [-0.1, -0.05) is 34.1 Å². The first-order valence-corrected chi connectivity index (χ1v) is 7.39. The van der Waals surface area contributed by atoms with Gasteiger partial charge in [-0.15, -0.1) is 0 Å². The molecule has 0 amide bonds. The average Bonchev–Trinajstić information content (AvgIpc) is 2.79. The minimum atomic E-state index is 0.320. The standard InChI is InChI=1S/C16H30N2O/c1-6-9-16(4,12-17-14(2)3)13-18(5)11-15-8-7-10-19-15/h7-8,10,14,17H,6,9,11-13H2,1-5H3. The molecule has 0 bridgehead atoms. The summed E-state index contributed by atoms with van der Waals surface area (Å²) in [6.45, 7) is 12.1. The number of nitrogens with zero attached hydrogens (tertiary/aromatic N) is 1. The zero-order valence-electron chi connectivity index (χ0n) is 13.2. The quantitative estimate of drug-likeness (QED) is 0.741. The Morgan fingerprint density at radius 2 is 2.16 bits per heavy atom. The number of furan rings is 1. The first-order valence-electron chi connectivity index (χ1n) is 7.39. The zero-order valence-corrected chi connectivity index (χ0v) is 13.2. The smallest absolute Gasteiger partial charge is 0.117 e. The van der Waals surface area contributed by atoms with Gasteiger partial charge in [0.15, 0.2) is 0 Å². The van der Waals surface area contributed by atoms with Gasteiger partial charge < -0.3 is 9.73 Å². The summed E-state index contributed by atoms with van der Waals surface area (Å²) in [6, 6.07) is 4.54. The highest BCUT2D eigenvalue weighted by molar-refractivity contribution is 4.98. The largest absolute Gasteiger partial charge is 0.468 e. The molecule has 0 aliphatic rings. The molecule has 0 aliphatic heterocycles. The van der Waals surface area contributed by atoms with Crippen molar-refractivity contribution in [3.63, 3.8) is 0 Å². The molecule has 0 spiro atoms. The molecule has 3 nitrogen and oxygen atoms in total. The highest BCUT2D eigenvalue weighted by Crippen LogP contribution is 2.24. The van der Waals surface area contributed by atoms with E-state index in [1.165, 1.54) is 12.8 Å². The third-order valence-corrected chi connectivity index (χ3v) is 3.45. The molecule has 1 aromatic heterocycles. The van der Waals surface area contributed by atoms with Gasteiger partial charge in [0, 0.05) is 19.1 Å². The van der Waals surface area contributed by atoms with Crippen LogP contribution in [-0.2, 0) is 6.54 Å². The molecule has 1 atom stereocenters. The number of nitrogens with one attached hydrogen (secondary N) is 1. The predicted molar refractivity (Wildman–Crippen MR) is 81.2 cm³/mol. The Labute approximate surface area is 118 Å². The van der Waals surface area contributed by atoms with Crippen LogP contribution in [-0.4, -0.2) is 31.1 Å². The maximum absolute atomic E-state index is 5.42. The number of hydrogen-bond acceptors (Lipinski definition) is 3. The van der Waals surface area contributed by atoms with E-state index in [1.54, 1.807) is 6.26 Å². The van der Waals surface area contributed by atoms with Crippen molar-refractivity contribution >= 4 is 0 Å². The van der Waals surface area contributed by atoms with Gasteiger partial charge in [0.05, 0.1) is 12.8 Å². The van der Waals surface area contributed by atoms with E-state index < -0.39 is 0 Å². The van der Waals surface area contributed by atoms with E-state index in [0.717, 1.165) is 25.4 Å². The molecular weight excluding hydrogens is 236 g/mol. The molecule has 0 saturated heterocycles. The van der Waals surface area contributed by atoms with Crippen molar-refractivity contribution < 1.29 is 4.42 Å². The molecule has 0 saturated carbocycles. The second-order valence-electron chi connectivity index (χ2n) is 6.35. The van der Waals surface area contributed by atoms with Crippen molar-refractivity contribution in [3.05, 3.63) is 24.2 Å². The van der Waals surface area contributed by atoms with E-state index in [-0.39, 0.29) is 0 Å². The van der Waals surface area contributed by atoms with E-state index in [9.17, 15) is 0 Å². The summed E-state index contributed by atoms with van der Waals surface area (Å²) >= 11 is 0. The fourth-order valence-corrected chi connectivity index (χ4v) is 2.65. The van der Waals surface area contributed by atoms with Gasteiger partial charge >= 0.3 is 0 Å². The highest BCUT2D eigenvalue weighted by atomic mass is 16.3. The number of rotatable bonds is 9. The minimum absolute atomic E-state index is 0.320. The lowest BCUT2D eigenvalue weighted by molar-refractivity contribution is 0.158. The van der Waals surface area contributed by atoms with Crippen LogP contribution >= 0.6 is 0 Å². The van der Waals surface area contributed by atoms with E-state index in [1.807, 2.05) is 12.1 Å². The molecular formula is C16H30N2O. The lowest BCUT2D eigenvalue weighted by Crippen LogP contribution is -2.42. The van der Waals surface area contributed by atoms with Crippen LogP contribution in [0.5, 0.6) is 0 Å². The van der Waals surface area contributed by atoms with Gasteiger partial charge in [0.1, 0.15) is 5.76 Å². The van der Waals surface area contributed by atoms with E-state index in [0.29, 0.717) is 11.5 Å². The molecule has 19 heavy (non-hydrogen) atoms. The van der Waals surface area contributed by atoms with Crippen LogP contribution < -0.4 is 5.32 Å². The normalized spacial score (nSPS) is 15.1. The molecule has 0 aromatic carbocycles. The van der Waals surface area contributed by atoms with Crippen LogP contribution in [0.15, 0.2) is 22.8 Å². The average molecular weight is 266 g/mol. The second-order valence-corrected chi connectivity index (χ2v) is 6.35. The van der Waals surface area contributed by atoms with Crippen molar-refractivity contribution in [2.75, 3.05) is 20.1 Å². The molecule has 0 aliphatic carbocycles. The molecule has 3 heteroatoms. The fourth-order valence-electron chi connectivity index (χ4n) is 2.65. The molecule has 1 N–H and O–H groups in total. The predicted octanol–water partition coefficient (Wildman–Crippen LogP) is 3.52. The first-order chi connectivity index (χ1) is 8.95. The van der Waals surface area contributed by atoms with Crippen LogP contribution in [0.2, 0.25) is 0 Å². The van der Waals surface area contributed by atoms with Crippen LogP contribution in [0.25, 0.3) is 0 Å². The van der Waals surface area contributed by atoms with Crippen molar-refractivity contribution in [2.24, 2.45) is 5.41 Å². The summed E-state index contributed by atoms with van der Waals surface area (Å²) in [4.78, 5) is 2.36. The summed E-state index contributed by atoms with van der Waals surface area (Å²) in [6.07, 6.45) is 4.22. The van der Waals surface area contributed by atoms with Crippen molar-refractivity contribution in [1.82, 2.24) is 10.2 Å². The molecule has 0 fully saturated rings. The topological polar surface area (TPSA) is 28.4 Å². The summed E-state index contributed by atoms with van der Waals surface area (Å²) in [5, 5.41) is 3.59. The molecule has 1 heterocycles. The lowest BCUT2D eigenvalue weighted by atomic mass is 9.84. The van der Waals surface area contributed by atoms with Gasteiger partial charge in [-0.3, -0.25) is 4.90 Å². The van der Waals surface area contributed by atoms with E-state index >= 15 is 0 Å². The fraction of sp³-hybridized carbons (Fsp3) is 0.750. The molecule has 1 rings (SSSR count). The van der Waals surface area contributed by atoms with Crippen LogP contribution in [0.1, 0.15) is 46.3 Å². The Balaban J connectivity index is 2.50. The van der Waals surface area contributed by atoms with E-state index in [2.05, 4.69) is 45.0 Å². The van der Waals surface area contributed by atoms with Crippen molar-refractivity contribution in [2.45, 2.75) is 53.1 Å². The molecule has 1 aromatic rings. The van der Waals surface area contributed by atoms with Gasteiger partial charge in [0.2, 0.25) is 0 Å². The van der Waals surface area contributed by atoms with Gasteiger partial charge in [0.25, 0.3) is 0 Å². The number of hydrogen-bond donors (Lipinski definition) is 1. The summed E-state index contributed by atoms with van der Waals surface area (Å²) < 4.78 is 5.42. The summed E-state index contributed by atoms with van der Waals surface area (Å²) in [7, 11) is 2.17. The van der Waals surface area contributed by atoms with Crippen molar-refractivity contribution in [3.8, 4) is 0 Å². The third kappa shape index (κ3) is 6.26. The second kappa shape index (κ2) is 7.71. The zero-order chi connectivity index (χ0) is 14.3. The molecule has 0 radical (unpaired) electrons. The summed E-state index contributed by atoms with van der Waals surface area (Å²) in [5.74, 6) is 1.04.